The first-order valence-electron chi connectivity index (χ1n) is 10.6. The van der Waals surface area contributed by atoms with Crippen molar-refractivity contribution < 1.29 is 18.4 Å². The normalized spacial score (nSPS) is 12.1. The Kier molecular flexibility index (Phi) is 6.92. The summed E-state index contributed by atoms with van der Waals surface area (Å²) in [5.74, 6) is -0.631. The molecule has 2 aromatic heterocycles. The third-order valence-corrected chi connectivity index (χ3v) is 7.20. The number of amides is 1. The monoisotopic (exact) mass is 479 g/mol. The quantitative estimate of drug-likeness (QED) is 0.194. The molecule has 9 nitrogen and oxygen atoms in total. The summed E-state index contributed by atoms with van der Waals surface area (Å²) >= 11 is 0. The van der Waals surface area contributed by atoms with Crippen LogP contribution in [0.25, 0.3) is 17.0 Å². The van der Waals surface area contributed by atoms with Crippen molar-refractivity contribution in [2.24, 2.45) is 7.05 Å². The molecular formula is C24H25N5O4S. The number of aryl methyl sites for hydroxylation is 1. The number of nitrogens with zero attached hydrogens (tertiary/aromatic N) is 3. The van der Waals surface area contributed by atoms with Crippen LogP contribution in [-0.4, -0.2) is 44.9 Å². The highest BCUT2D eigenvalue weighted by Gasteiger charge is 2.27. The van der Waals surface area contributed by atoms with Crippen molar-refractivity contribution in [2.45, 2.75) is 18.0 Å². The van der Waals surface area contributed by atoms with Crippen molar-refractivity contribution in [1.82, 2.24) is 24.3 Å². The number of rotatable bonds is 9. The fourth-order valence-electron chi connectivity index (χ4n) is 3.67. The number of H-pyrrole nitrogens is 1. The first-order chi connectivity index (χ1) is 16.4. The molecule has 0 aliphatic heterocycles. The second-order valence-corrected chi connectivity index (χ2v) is 9.76. The molecule has 0 fully saturated rings. The molecule has 4 rings (SSSR count). The van der Waals surface area contributed by atoms with E-state index in [0.29, 0.717) is 6.42 Å². The van der Waals surface area contributed by atoms with Crippen molar-refractivity contribution >= 4 is 32.9 Å². The molecule has 34 heavy (non-hydrogen) atoms. The Balaban J connectivity index is 1.57. The third-order valence-electron chi connectivity index (χ3n) is 5.47. The zero-order valence-electron chi connectivity index (χ0n) is 18.5. The number of imidazole rings is 1. The molecule has 0 radical (unpaired) electrons. The molecule has 2 heterocycles. The van der Waals surface area contributed by atoms with Gasteiger partial charge in [-0.05, 0) is 35.3 Å². The molecule has 0 bridgehead atoms. The van der Waals surface area contributed by atoms with Crippen LogP contribution < -0.4 is 5.48 Å². The maximum Gasteiger partial charge on any atom is 0.267 e. The molecular weight excluding hydrogens is 454 g/mol. The largest absolute Gasteiger partial charge is 0.361 e. The summed E-state index contributed by atoms with van der Waals surface area (Å²) in [4.78, 5) is 18.5. The van der Waals surface area contributed by atoms with Crippen molar-refractivity contribution in [3.8, 4) is 0 Å². The third kappa shape index (κ3) is 5.25. The number of carbonyl (C=O) groups is 1. The molecule has 0 aliphatic carbocycles. The summed E-state index contributed by atoms with van der Waals surface area (Å²) in [6.07, 6.45) is 8.17. The van der Waals surface area contributed by atoms with Crippen LogP contribution in [0.3, 0.4) is 0 Å². The predicted octanol–water partition coefficient (Wildman–Crippen LogP) is 2.85. The zero-order valence-corrected chi connectivity index (χ0v) is 19.4. The van der Waals surface area contributed by atoms with Crippen molar-refractivity contribution in [1.29, 1.82) is 0 Å². The number of nitrogens with one attached hydrogen (secondary N) is 2. The maximum atomic E-state index is 13.4. The molecule has 0 saturated carbocycles. The number of para-hydroxylation sites is 1. The first-order valence-corrected chi connectivity index (χ1v) is 12.0. The van der Waals surface area contributed by atoms with Crippen LogP contribution in [0.15, 0.2) is 78.4 Å². The minimum atomic E-state index is -3.82. The number of hydrogen-bond donors (Lipinski definition) is 3. The Bertz CT molecular complexity index is 1420. The van der Waals surface area contributed by atoms with E-state index in [0.717, 1.165) is 27.6 Å². The highest BCUT2D eigenvalue weighted by Crippen LogP contribution is 2.22. The van der Waals surface area contributed by atoms with Gasteiger partial charge in [-0.25, -0.2) is 18.9 Å². The fourth-order valence-corrected chi connectivity index (χ4v) is 5.06. The number of hydrogen-bond acceptors (Lipinski definition) is 5. The van der Waals surface area contributed by atoms with Gasteiger partial charge in [0, 0.05) is 49.5 Å². The molecule has 10 heteroatoms. The van der Waals surface area contributed by atoms with Gasteiger partial charge in [-0.3, -0.25) is 10.0 Å². The van der Waals surface area contributed by atoms with Crippen LogP contribution in [0.1, 0.15) is 16.7 Å². The van der Waals surface area contributed by atoms with E-state index in [9.17, 15) is 13.2 Å². The van der Waals surface area contributed by atoms with E-state index in [-0.39, 0.29) is 18.1 Å². The molecule has 0 spiro atoms. The molecule has 0 saturated heterocycles. The van der Waals surface area contributed by atoms with Crippen LogP contribution in [-0.2, 0) is 34.8 Å². The lowest BCUT2D eigenvalue weighted by atomic mass is 10.1. The molecule has 4 aromatic rings. The van der Waals surface area contributed by atoms with Crippen molar-refractivity contribution in [3.63, 3.8) is 0 Å². The smallest absolute Gasteiger partial charge is 0.267 e. The van der Waals surface area contributed by atoms with E-state index >= 15 is 0 Å². The van der Waals surface area contributed by atoms with E-state index < -0.39 is 15.9 Å². The lowest BCUT2D eigenvalue weighted by Crippen LogP contribution is -2.32. The van der Waals surface area contributed by atoms with Gasteiger partial charge in [0.25, 0.3) is 15.9 Å². The number of fused-ring (bicyclic) bond motifs is 1. The van der Waals surface area contributed by atoms with E-state index in [1.54, 1.807) is 29.8 Å². The highest BCUT2D eigenvalue weighted by molar-refractivity contribution is 7.89. The van der Waals surface area contributed by atoms with E-state index in [2.05, 4.69) is 9.97 Å². The van der Waals surface area contributed by atoms with Crippen molar-refractivity contribution in [2.75, 3.05) is 6.54 Å². The maximum absolute atomic E-state index is 13.4. The average molecular weight is 480 g/mol. The minimum Gasteiger partial charge on any atom is -0.361 e. The Morgan fingerprint density at radius 3 is 2.68 bits per heavy atom. The number of hydroxylamine groups is 1. The van der Waals surface area contributed by atoms with Gasteiger partial charge in [-0.15, -0.1) is 0 Å². The van der Waals surface area contributed by atoms with Gasteiger partial charge >= 0.3 is 0 Å². The number of aromatic nitrogens is 3. The molecule has 176 valence electrons. The zero-order chi connectivity index (χ0) is 24.1. The molecule has 1 amide bonds. The predicted molar refractivity (Wildman–Crippen MR) is 128 cm³/mol. The van der Waals surface area contributed by atoms with Crippen molar-refractivity contribution in [3.05, 3.63) is 90.0 Å². The van der Waals surface area contributed by atoms with Crippen LogP contribution in [0.2, 0.25) is 0 Å². The van der Waals surface area contributed by atoms with Crippen LogP contribution >= 0.6 is 0 Å². The number of benzene rings is 2. The van der Waals surface area contributed by atoms with Crippen LogP contribution in [0.5, 0.6) is 0 Å². The van der Waals surface area contributed by atoms with Gasteiger partial charge in [-0.1, -0.05) is 42.5 Å². The van der Waals surface area contributed by atoms with E-state index in [1.807, 2.05) is 42.6 Å². The lowest BCUT2D eigenvalue weighted by molar-refractivity contribution is -0.124. The van der Waals surface area contributed by atoms with Gasteiger partial charge in [0.15, 0.2) is 5.03 Å². The minimum absolute atomic E-state index is 0.00324. The van der Waals surface area contributed by atoms with Gasteiger partial charge in [0.05, 0.1) is 6.33 Å². The van der Waals surface area contributed by atoms with Crippen LogP contribution in [0.4, 0.5) is 0 Å². The number of sulfonamides is 1. The van der Waals surface area contributed by atoms with E-state index in [4.69, 9.17) is 5.21 Å². The first kappa shape index (κ1) is 23.4. The number of carbonyl (C=O) groups excluding carboxylic acids is 1. The highest BCUT2D eigenvalue weighted by atomic mass is 32.2. The summed E-state index contributed by atoms with van der Waals surface area (Å²) in [7, 11) is -2.10. The average Bonchev–Trinajstić information content (AvgIpc) is 3.47. The fraction of sp³-hybridized carbons (Fsp3) is 0.167. The molecule has 3 N–H and O–H groups in total. The summed E-state index contributed by atoms with van der Waals surface area (Å²) < 4.78 is 29.9. The van der Waals surface area contributed by atoms with Gasteiger partial charge in [0.2, 0.25) is 0 Å². The topological polar surface area (TPSA) is 120 Å². The van der Waals surface area contributed by atoms with E-state index in [1.165, 1.54) is 28.4 Å². The summed E-state index contributed by atoms with van der Waals surface area (Å²) in [5, 5.41) is 9.66. The van der Waals surface area contributed by atoms with Gasteiger partial charge < -0.3 is 9.55 Å². The van der Waals surface area contributed by atoms with Crippen LogP contribution in [0, 0.1) is 0 Å². The molecule has 0 aliphatic rings. The lowest BCUT2D eigenvalue weighted by Gasteiger charge is -2.21. The Hall–Kier alpha value is -3.73. The molecule has 2 aromatic carbocycles. The summed E-state index contributed by atoms with van der Waals surface area (Å²) in [5.41, 5.74) is 5.12. The van der Waals surface area contributed by atoms with Gasteiger partial charge in [0.1, 0.15) is 0 Å². The Labute approximate surface area is 197 Å². The summed E-state index contributed by atoms with van der Waals surface area (Å²) in [6.45, 7) is 0.446. The Morgan fingerprint density at radius 2 is 1.97 bits per heavy atom. The second-order valence-electron chi connectivity index (χ2n) is 7.88. The Morgan fingerprint density at radius 1 is 1.21 bits per heavy atom. The molecule has 0 atom stereocenters. The molecule has 0 unspecified atom stereocenters. The van der Waals surface area contributed by atoms with Gasteiger partial charge in [-0.2, -0.15) is 4.31 Å². The standard InChI is InChI=1S/C24H25N5O4S/c1-28-16-24(26-17-28)34(32,33)29(13-12-20-14-25-22-5-3-2-4-21(20)22)15-19-8-6-18(7-9-19)10-11-23(30)27-31/h2-11,14,16-17,25,31H,12-13,15H2,1H3,(H,27,30)/b11-10+. The second kappa shape index (κ2) is 10.0. The summed E-state index contributed by atoms with van der Waals surface area (Å²) in [6, 6.07) is 15.1. The SMILES string of the molecule is Cn1cnc(S(=O)(=O)N(CCc2c[nH]c3ccccc23)Cc2ccc(/C=C/C(=O)NO)cc2)c1. The number of aromatic amines is 1.